The SMILES string of the molecule is CCCCCC/C=C/C(=O)NCCN(C)C. The summed E-state index contributed by atoms with van der Waals surface area (Å²) < 4.78 is 0. The molecule has 0 spiro atoms. The summed E-state index contributed by atoms with van der Waals surface area (Å²) in [7, 11) is 3.99. The molecule has 0 aliphatic rings. The number of amides is 1. The molecule has 0 atom stereocenters. The van der Waals surface area contributed by atoms with E-state index in [1.54, 1.807) is 6.08 Å². The molecule has 0 aromatic heterocycles. The summed E-state index contributed by atoms with van der Waals surface area (Å²) in [6.07, 6.45) is 9.65. The first-order chi connectivity index (χ1) is 7.66. The Kier molecular flexibility index (Phi) is 10.1. The molecule has 0 aromatic carbocycles. The minimum Gasteiger partial charge on any atom is -0.351 e. The minimum atomic E-state index is 0.0253. The molecular weight excluding hydrogens is 200 g/mol. The molecule has 0 aliphatic carbocycles. The Labute approximate surface area is 99.9 Å². The van der Waals surface area contributed by atoms with Gasteiger partial charge in [0.15, 0.2) is 0 Å². The van der Waals surface area contributed by atoms with Gasteiger partial charge in [-0.2, -0.15) is 0 Å². The fraction of sp³-hybridized carbons (Fsp3) is 0.769. The number of hydrogen-bond acceptors (Lipinski definition) is 2. The summed E-state index contributed by atoms with van der Waals surface area (Å²) in [6, 6.07) is 0. The number of hydrogen-bond donors (Lipinski definition) is 1. The summed E-state index contributed by atoms with van der Waals surface area (Å²) in [5.74, 6) is 0.0253. The van der Waals surface area contributed by atoms with Crippen LogP contribution >= 0.6 is 0 Å². The van der Waals surface area contributed by atoms with Crippen molar-refractivity contribution in [1.82, 2.24) is 10.2 Å². The smallest absolute Gasteiger partial charge is 0.243 e. The third-order valence-corrected chi connectivity index (χ3v) is 2.35. The van der Waals surface area contributed by atoms with Crippen molar-refractivity contribution in [3.05, 3.63) is 12.2 Å². The zero-order chi connectivity index (χ0) is 12.2. The molecule has 16 heavy (non-hydrogen) atoms. The van der Waals surface area contributed by atoms with Crippen molar-refractivity contribution in [3.8, 4) is 0 Å². The van der Waals surface area contributed by atoms with Gasteiger partial charge in [0.2, 0.25) is 5.91 Å². The van der Waals surface area contributed by atoms with E-state index in [4.69, 9.17) is 0 Å². The monoisotopic (exact) mass is 226 g/mol. The lowest BCUT2D eigenvalue weighted by Gasteiger charge is -2.08. The lowest BCUT2D eigenvalue weighted by atomic mass is 10.1. The first-order valence-corrected chi connectivity index (χ1v) is 6.26. The van der Waals surface area contributed by atoms with Crippen LogP contribution in [0.25, 0.3) is 0 Å². The summed E-state index contributed by atoms with van der Waals surface area (Å²) in [5, 5.41) is 2.85. The van der Waals surface area contributed by atoms with Crippen molar-refractivity contribution in [1.29, 1.82) is 0 Å². The van der Waals surface area contributed by atoms with Crippen LogP contribution in [0.2, 0.25) is 0 Å². The highest BCUT2D eigenvalue weighted by molar-refractivity contribution is 5.87. The molecule has 1 N–H and O–H groups in total. The van der Waals surface area contributed by atoms with Crippen molar-refractivity contribution in [2.24, 2.45) is 0 Å². The summed E-state index contributed by atoms with van der Waals surface area (Å²) in [5.41, 5.74) is 0. The molecule has 0 radical (unpaired) electrons. The van der Waals surface area contributed by atoms with E-state index in [9.17, 15) is 4.79 Å². The molecule has 0 saturated heterocycles. The minimum absolute atomic E-state index is 0.0253. The average molecular weight is 226 g/mol. The Bertz CT molecular complexity index is 200. The molecule has 0 rings (SSSR count). The Hall–Kier alpha value is -0.830. The van der Waals surface area contributed by atoms with Gasteiger partial charge in [0.1, 0.15) is 0 Å². The second-order valence-electron chi connectivity index (χ2n) is 4.35. The van der Waals surface area contributed by atoms with Gasteiger partial charge in [-0.15, -0.1) is 0 Å². The van der Waals surface area contributed by atoms with Crippen LogP contribution in [0, 0.1) is 0 Å². The molecule has 0 saturated carbocycles. The highest BCUT2D eigenvalue weighted by atomic mass is 16.1. The van der Waals surface area contributed by atoms with E-state index < -0.39 is 0 Å². The van der Waals surface area contributed by atoms with E-state index in [1.165, 1.54) is 25.7 Å². The molecule has 0 fully saturated rings. The van der Waals surface area contributed by atoms with Gasteiger partial charge in [-0.1, -0.05) is 32.3 Å². The highest BCUT2D eigenvalue weighted by Gasteiger charge is 1.94. The topological polar surface area (TPSA) is 32.3 Å². The molecule has 3 nitrogen and oxygen atoms in total. The number of carbonyl (C=O) groups excluding carboxylic acids is 1. The molecular formula is C13H26N2O. The Morgan fingerprint density at radius 1 is 1.25 bits per heavy atom. The second kappa shape index (κ2) is 10.7. The maximum atomic E-state index is 11.3. The Morgan fingerprint density at radius 3 is 2.62 bits per heavy atom. The third kappa shape index (κ3) is 11.2. The fourth-order valence-corrected chi connectivity index (χ4v) is 1.34. The Balaban J connectivity index is 3.37. The third-order valence-electron chi connectivity index (χ3n) is 2.35. The number of unbranched alkanes of at least 4 members (excludes halogenated alkanes) is 4. The van der Waals surface area contributed by atoms with Crippen LogP contribution in [-0.4, -0.2) is 38.0 Å². The van der Waals surface area contributed by atoms with Crippen LogP contribution in [-0.2, 0) is 4.79 Å². The first kappa shape index (κ1) is 15.2. The zero-order valence-electron chi connectivity index (χ0n) is 11.0. The van der Waals surface area contributed by atoms with Gasteiger partial charge < -0.3 is 10.2 Å². The number of likely N-dealkylation sites (N-methyl/N-ethyl adjacent to an activating group) is 1. The maximum absolute atomic E-state index is 11.3. The standard InChI is InChI=1S/C13H26N2O/c1-4-5-6-7-8-9-10-13(16)14-11-12-15(2)3/h9-10H,4-8,11-12H2,1-3H3,(H,14,16)/b10-9+. The highest BCUT2D eigenvalue weighted by Crippen LogP contribution is 2.02. The second-order valence-corrected chi connectivity index (χ2v) is 4.35. The van der Waals surface area contributed by atoms with Gasteiger partial charge in [-0.25, -0.2) is 0 Å². The number of nitrogens with one attached hydrogen (secondary N) is 1. The summed E-state index contributed by atoms with van der Waals surface area (Å²) in [4.78, 5) is 13.3. The van der Waals surface area contributed by atoms with Crippen LogP contribution in [0.5, 0.6) is 0 Å². The fourth-order valence-electron chi connectivity index (χ4n) is 1.34. The predicted molar refractivity (Wildman–Crippen MR) is 69.5 cm³/mol. The lowest BCUT2D eigenvalue weighted by Crippen LogP contribution is -2.30. The average Bonchev–Trinajstić information content (AvgIpc) is 2.22. The van der Waals surface area contributed by atoms with E-state index >= 15 is 0 Å². The van der Waals surface area contributed by atoms with E-state index in [0.29, 0.717) is 6.54 Å². The first-order valence-electron chi connectivity index (χ1n) is 6.26. The number of allylic oxidation sites excluding steroid dienone is 1. The molecule has 0 aromatic rings. The molecule has 0 bridgehead atoms. The quantitative estimate of drug-likeness (QED) is 0.483. The van der Waals surface area contributed by atoms with Crippen molar-refractivity contribution < 1.29 is 4.79 Å². The van der Waals surface area contributed by atoms with Crippen molar-refractivity contribution in [2.45, 2.75) is 39.0 Å². The molecule has 94 valence electrons. The maximum Gasteiger partial charge on any atom is 0.243 e. The van der Waals surface area contributed by atoms with Gasteiger partial charge in [-0.05, 0) is 33.0 Å². The van der Waals surface area contributed by atoms with E-state index in [0.717, 1.165) is 13.0 Å². The van der Waals surface area contributed by atoms with E-state index in [-0.39, 0.29) is 5.91 Å². The summed E-state index contributed by atoms with van der Waals surface area (Å²) >= 11 is 0. The van der Waals surface area contributed by atoms with Crippen molar-refractivity contribution >= 4 is 5.91 Å². The van der Waals surface area contributed by atoms with Gasteiger partial charge in [-0.3, -0.25) is 4.79 Å². The van der Waals surface area contributed by atoms with Crippen molar-refractivity contribution in [2.75, 3.05) is 27.2 Å². The molecule has 0 heterocycles. The molecule has 0 aliphatic heterocycles. The van der Waals surface area contributed by atoms with Crippen LogP contribution in [0.15, 0.2) is 12.2 Å². The molecule has 1 amide bonds. The lowest BCUT2D eigenvalue weighted by molar-refractivity contribution is -0.116. The normalized spacial score (nSPS) is 11.2. The van der Waals surface area contributed by atoms with E-state index in [1.807, 2.05) is 20.2 Å². The van der Waals surface area contributed by atoms with Gasteiger partial charge in [0.25, 0.3) is 0 Å². The van der Waals surface area contributed by atoms with Gasteiger partial charge in [0, 0.05) is 13.1 Å². The van der Waals surface area contributed by atoms with Gasteiger partial charge in [0.05, 0.1) is 0 Å². The van der Waals surface area contributed by atoms with E-state index in [2.05, 4.69) is 17.1 Å². The Morgan fingerprint density at radius 2 is 2.00 bits per heavy atom. The number of nitrogens with zero attached hydrogens (tertiary/aromatic N) is 1. The van der Waals surface area contributed by atoms with Crippen LogP contribution in [0.4, 0.5) is 0 Å². The zero-order valence-corrected chi connectivity index (χ0v) is 11.0. The number of carbonyl (C=O) groups is 1. The van der Waals surface area contributed by atoms with Crippen LogP contribution in [0.3, 0.4) is 0 Å². The molecule has 3 heteroatoms. The number of rotatable bonds is 9. The predicted octanol–water partition coefficient (Wildman–Crippen LogP) is 2.19. The van der Waals surface area contributed by atoms with Crippen LogP contribution in [0.1, 0.15) is 39.0 Å². The van der Waals surface area contributed by atoms with Gasteiger partial charge >= 0.3 is 0 Å². The largest absolute Gasteiger partial charge is 0.351 e. The van der Waals surface area contributed by atoms with Crippen LogP contribution < -0.4 is 5.32 Å². The summed E-state index contributed by atoms with van der Waals surface area (Å²) in [6.45, 7) is 3.80. The molecule has 0 unspecified atom stereocenters. The van der Waals surface area contributed by atoms with Crippen molar-refractivity contribution in [3.63, 3.8) is 0 Å².